The number of hydrogen-bond donors (Lipinski definition) is 1. The Balaban J connectivity index is 1.23. The Morgan fingerprint density at radius 1 is 0.968 bits per heavy atom. The fourth-order valence-corrected chi connectivity index (χ4v) is 4.29. The van der Waals surface area contributed by atoms with Gasteiger partial charge in [0.1, 0.15) is 6.26 Å². The molecule has 3 heterocycles. The topological polar surface area (TPSA) is 76.3 Å². The number of aliphatic hydroxyl groups excluding tert-OH is 1. The van der Waals surface area contributed by atoms with E-state index in [1.807, 2.05) is 17.9 Å². The summed E-state index contributed by atoms with van der Waals surface area (Å²) in [6, 6.07) is 10.4. The lowest BCUT2D eigenvalue weighted by Gasteiger charge is -2.34. The zero-order valence-corrected chi connectivity index (χ0v) is 18.3. The first-order valence-electron chi connectivity index (χ1n) is 11.2. The van der Waals surface area contributed by atoms with Crippen molar-refractivity contribution in [3.05, 3.63) is 53.7 Å². The first-order valence-corrected chi connectivity index (χ1v) is 11.2. The molecule has 1 aromatic heterocycles. The van der Waals surface area contributed by atoms with Crippen LogP contribution in [0.4, 0.5) is 0 Å². The Morgan fingerprint density at radius 2 is 1.58 bits per heavy atom. The number of β-amino-alcohol motifs (C(OH)–C–C–N with tert-alkyl or cyclic N) is 1. The number of nitrogens with zero attached hydrogens (tertiary/aromatic N) is 5. The number of benzene rings is 1. The Morgan fingerprint density at radius 3 is 2.26 bits per heavy atom. The van der Waals surface area contributed by atoms with Gasteiger partial charge in [0.2, 0.25) is 5.89 Å². The first-order chi connectivity index (χ1) is 15.1. The molecule has 0 radical (unpaired) electrons. The molecule has 2 fully saturated rings. The highest BCUT2D eigenvalue weighted by Gasteiger charge is 2.25. The molecule has 31 heavy (non-hydrogen) atoms. The monoisotopic (exact) mass is 427 g/mol. The lowest BCUT2D eigenvalue weighted by Crippen LogP contribution is -2.48. The summed E-state index contributed by atoms with van der Waals surface area (Å²) in [5, 5.41) is 9.53. The normalized spacial score (nSPS) is 20.1. The molecule has 4 rings (SSSR count). The van der Waals surface area contributed by atoms with Crippen LogP contribution in [0, 0.1) is 0 Å². The highest BCUT2D eigenvalue weighted by molar-refractivity contribution is 5.92. The van der Waals surface area contributed by atoms with Gasteiger partial charge in [-0.25, -0.2) is 4.98 Å². The van der Waals surface area contributed by atoms with Crippen LogP contribution in [0.2, 0.25) is 0 Å². The lowest BCUT2D eigenvalue weighted by atomic mass is 10.2. The van der Waals surface area contributed by atoms with Gasteiger partial charge in [-0.1, -0.05) is 30.3 Å². The summed E-state index contributed by atoms with van der Waals surface area (Å²) in [4.78, 5) is 26.1. The van der Waals surface area contributed by atoms with Crippen LogP contribution in [0.25, 0.3) is 0 Å². The molecule has 2 saturated heterocycles. The van der Waals surface area contributed by atoms with E-state index in [0.717, 1.165) is 45.8 Å². The fourth-order valence-electron chi connectivity index (χ4n) is 4.29. The van der Waals surface area contributed by atoms with Crippen LogP contribution < -0.4 is 0 Å². The highest BCUT2D eigenvalue weighted by atomic mass is 16.3. The van der Waals surface area contributed by atoms with Gasteiger partial charge in [-0.15, -0.1) is 0 Å². The van der Waals surface area contributed by atoms with Gasteiger partial charge in [0.15, 0.2) is 5.69 Å². The summed E-state index contributed by atoms with van der Waals surface area (Å²) in [6.07, 6.45) is 1.20. The Hall–Kier alpha value is -2.26. The summed E-state index contributed by atoms with van der Waals surface area (Å²) in [5.74, 6) is 0.547. The lowest BCUT2D eigenvalue weighted by molar-refractivity contribution is 0.0622. The standard InChI is InChI=1S/C23H33N5O3/c1-19(29)15-25-7-9-27(10-8-25)17-22-24-21(18-31-22)23(30)28-13-11-26(12-14-28)16-20-5-3-2-4-6-20/h2-6,18-19,29H,7-17H2,1H3. The molecule has 2 aliphatic rings. The second-order valence-corrected chi connectivity index (χ2v) is 8.61. The number of oxazole rings is 1. The predicted molar refractivity (Wildman–Crippen MR) is 118 cm³/mol. The molecule has 168 valence electrons. The Bertz CT molecular complexity index is 825. The van der Waals surface area contributed by atoms with Gasteiger partial charge in [0.25, 0.3) is 5.91 Å². The van der Waals surface area contributed by atoms with Crippen molar-refractivity contribution in [3.8, 4) is 0 Å². The van der Waals surface area contributed by atoms with Gasteiger partial charge in [0.05, 0.1) is 12.6 Å². The smallest absolute Gasteiger partial charge is 0.275 e. The van der Waals surface area contributed by atoms with Gasteiger partial charge in [-0.3, -0.25) is 19.5 Å². The number of rotatable bonds is 7. The van der Waals surface area contributed by atoms with Crippen molar-refractivity contribution in [2.45, 2.75) is 26.1 Å². The second-order valence-electron chi connectivity index (χ2n) is 8.61. The highest BCUT2D eigenvalue weighted by Crippen LogP contribution is 2.14. The third-order valence-electron chi connectivity index (χ3n) is 6.03. The number of amides is 1. The zero-order chi connectivity index (χ0) is 21.6. The van der Waals surface area contributed by atoms with E-state index in [-0.39, 0.29) is 12.0 Å². The molecule has 1 atom stereocenters. The van der Waals surface area contributed by atoms with Gasteiger partial charge in [-0.2, -0.15) is 0 Å². The number of piperazine rings is 2. The SMILES string of the molecule is CC(O)CN1CCN(Cc2nc(C(=O)N3CCN(Cc4ccccc4)CC3)co2)CC1. The maximum Gasteiger partial charge on any atom is 0.275 e. The summed E-state index contributed by atoms with van der Waals surface area (Å²) >= 11 is 0. The third-order valence-corrected chi connectivity index (χ3v) is 6.03. The van der Waals surface area contributed by atoms with Gasteiger partial charge in [0, 0.05) is 65.4 Å². The summed E-state index contributed by atoms with van der Waals surface area (Å²) in [7, 11) is 0. The van der Waals surface area contributed by atoms with Gasteiger partial charge >= 0.3 is 0 Å². The molecule has 0 saturated carbocycles. The van der Waals surface area contributed by atoms with Crippen molar-refractivity contribution in [2.75, 3.05) is 58.9 Å². The van der Waals surface area contributed by atoms with E-state index >= 15 is 0 Å². The maximum atomic E-state index is 12.9. The van der Waals surface area contributed by atoms with Crippen LogP contribution >= 0.6 is 0 Å². The van der Waals surface area contributed by atoms with Gasteiger partial charge in [-0.05, 0) is 12.5 Å². The number of carbonyl (C=O) groups is 1. The predicted octanol–water partition coefficient (Wildman–Crippen LogP) is 1.13. The fraction of sp³-hybridized carbons (Fsp3) is 0.565. The Labute approximate surface area is 184 Å². The first kappa shape index (κ1) is 22.0. The van der Waals surface area contributed by atoms with E-state index in [1.165, 1.54) is 11.8 Å². The summed E-state index contributed by atoms with van der Waals surface area (Å²) in [6.45, 7) is 10.9. The van der Waals surface area contributed by atoms with Crippen LogP contribution in [0.5, 0.6) is 0 Å². The van der Waals surface area contributed by atoms with E-state index in [2.05, 4.69) is 43.9 Å². The largest absolute Gasteiger partial charge is 0.447 e. The number of hydrogen-bond acceptors (Lipinski definition) is 7. The van der Waals surface area contributed by atoms with E-state index in [1.54, 1.807) is 0 Å². The molecule has 1 amide bonds. The maximum absolute atomic E-state index is 12.9. The molecular formula is C23H33N5O3. The van der Waals surface area contributed by atoms with E-state index in [4.69, 9.17) is 4.42 Å². The molecule has 2 aromatic rings. The molecule has 1 unspecified atom stereocenters. The number of aliphatic hydroxyl groups is 1. The molecule has 1 N–H and O–H groups in total. The zero-order valence-electron chi connectivity index (χ0n) is 18.3. The molecule has 8 nitrogen and oxygen atoms in total. The summed E-state index contributed by atoms with van der Waals surface area (Å²) in [5.41, 5.74) is 1.70. The van der Waals surface area contributed by atoms with Crippen molar-refractivity contribution < 1.29 is 14.3 Å². The van der Waals surface area contributed by atoms with E-state index in [0.29, 0.717) is 37.8 Å². The third kappa shape index (κ3) is 6.13. The molecule has 8 heteroatoms. The summed E-state index contributed by atoms with van der Waals surface area (Å²) < 4.78 is 5.61. The Kier molecular flexibility index (Phi) is 7.34. The van der Waals surface area contributed by atoms with Crippen LogP contribution in [-0.2, 0) is 13.1 Å². The molecule has 0 aliphatic carbocycles. The van der Waals surface area contributed by atoms with Crippen LogP contribution in [-0.4, -0.2) is 101 Å². The van der Waals surface area contributed by atoms with Crippen molar-refractivity contribution in [1.29, 1.82) is 0 Å². The molecule has 0 bridgehead atoms. The molecular weight excluding hydrogens is 394 g/mol. The minimum Gasteiger partial charge on any atom is -0.447 e. The minimum absolute atomic E-state index is 0.0453. The second kappa shape index (κ2) is 10.4. The number of aromatic nitrogens is 1. The van der Waals surface area contributed by atoms with Crippen LogP contribution in [0.1, 0.15) is 28.9 Å². The van der Waals surface area contributed by atoms with Crippen LogP contribution in [0.15, 0.2) is 41.0 Å². The van der Waals surface area contributed by atoms with Gasteiger partial charge < -0.3 is 14.4 Å². The van der Waals surface area contributed by atoms with E-state index < -0.39 is 0 Å². The quantitative estimate of drug-likeness (QED) is 0.710. The van der Waals surface area contributed by atoms with Crippen molar-refractivity contribution >= 4 is 5.91 Å². The average molecular weight is 428 g/mol. The van der Waals surface area contributed by atoms with E-state index in [9.17, 15) is 9.90 Å². The minimum atomic E-state index is -0.299. The molecule has 0 spiro atoms. The molecule has 2 aliphatic heterocycles. The van der Waals surface area contributed by atoms with Crippen molar-refractivity contribution in [2.24, 2.45) is 0 Å². The average Bonchev–Trinajstić information content (AvgIpc) is 3.24. The molecule has 1 aromatic carbocycles. The van der Waals surface area contributed by atoms with Crippen molar-refractivity contribution in [1.82, 2.24) is 24.6 Å². The van der Waals surface area contributed by atoms with Crippen molar-refractivity contribution in [3.63, 3.8) is 0 Å². The van der Waals surface area contributed by atoms with Crippen LogP contribution in [0.3, 0.4) is 0 Å². The number of carbonyl (C=O) groups excluding carboxylic acids is 1.